The zero-order valence-electron chi connectivity index (χ0n) is 14.4. The van der Waals surface area contributed by atoms with E-state index in [9.17, 15) is 4.79 Å². The van der Waals surface area contributed by atoms with E-state index in [2.05, 4.69) is 21.2 Å². The summed E-state index contributed by atoms with van der Waals surface area (Å²) < 4.78 is 6.30. The molecule has 138 valence electrons. The van der Waals surface area contributed by atoms with Crippen molar-refractivity contribution in [1.29, 1.82) is 0 Å². The van der Waals surface area contributed by atoms with Crippen molar-refractivity contribution in [2.45, 2.75) is 24.9 Å². The van der Waals surface area contributed by atoms with E-state index in [0.717, 1.165) is 40.9 Å². The lowest BCUT2D eigenvalue weighted by Crippen LogP contribution is -2.51. The molecule has 0 saturated carbocycles. The van der Waals surface area contributed by atoms with Crippen molar-refractivity contribution in [3.05, 3.63) is 46.3 Å². The number of rotatable bonds is 2. The Kier molecular flexibility index (Phi) is 4.18. The molecule has 1 aromatic carbocycles. The minimum atomic E-state index is -0.421. The Morgan fingerprint density at radius 3 is 2.81 bits per heavy atom. The largest absolute Gasteiger partial charge is 0.486 e. The maximum atomic E-state index is 12.6. The van der Waals surface area contributed by atoms with Crippen LogP contribution in [0.2, 0.25) is 5.02 Å². The normalized spacial score (nSPS) is 18.4. The van der Waals surface area contributed by atoms with Crippen LogP contribution in [0.15, 0.2) is 35.7 Å². The van der Waals surface area contributed by atoms with Crippen molar-refractivity contribution in [1.82, 2.24) is 10.2 Å². The molecule has 4 heterocycles. The van der Waals surface area contributed by atoms with E-state index in [-0.39, 0.29) is 5.78 Å². The number of benzene rings is 1. The summed E-state index contributed by atoms with van der Waals surface area (Å²) in [6, 6.07) is 9.37. The van der Waals surface area contributed by atoms with Gasteiger partial charge in [-0.3, -0.25) is 4.79 Å². The van der Waals surface area contributed by atoms with Crippen LogP contribution in [0.25, 0.3) is 9.88 Å². The Morgan fingerprint density at radius 1 is 1.19 bits per heavy atom. The summed E-state index contributed by atoms with van der Waals surface area (Å²) >= 11 is 9.31. The molecule has 0 amide bonds. The van der Waals surface area contributed by atoms with E-state index in [1.54, 1.807) is 40.9 Å². The molecule has 0 radical (unpaired) electrons. The van der Waals surface area contributed by atoms with Crippen LogP contribution in [0.4, 0.5) is 5.13 Å². The number of carbonyl (C=O) groups excluding carboxylic acids is 1. The van der Waals surface area contributed by atoms with Gasteiger partial charge in [-0.2, -0.15) is 0 Å². The smallest absolute Gasteiger partial charge is 0.208 e. The number of piperidine rings is 1. The molecule has 1 fully saturated rings. The van der Waals surface area contributed by atoms with Crippen molar-refractivity contribution in [2.24, 2.45) is 0 Å². The maximum Gasteiger partial charge on any atom is 0.208 e. The molecule has 5 rings (SSSR count). The van der Waals surface area contributed by atoms with Crippen molar-refractivity contribution in [2.75, 3.05) is 18.0 Å². The summed E-state index contributed by atoms with van der Waals surface area (Å²) in [6.45, 7) is 1.60. The van der Waals surface area contributed by atoms with E-state index < -0.39 is 5.60 Å². The molecular formula is C19H16ClN3O2S2. The number of aromatic nitrogens is 2. The van der Waals surface area contributed by atoms with Gasteiger partial charge in [-0.15, -0.1) is 21.5 Å². The number of carbonyl (C=O) groups is 1. The first-order chi connectivity index (χ1) is 13.1. The van der Waals surface area contributed by atoms with Crippen LogP contribution in [0.1, 0.15) is 29.6 Å². The molecule has 0 N–H and O–H groups in total. The van der Waals surface area contributed by atoms with Crippen molar-refractivity contribution < 1.29 is 9.53 Å². The molecule has 0 atom stereocenters. The summed E-state index contributed by atoms with van der Waals surface area (Å²) in [6.07, 6.45) is 1.98. The van der Waals surface area contributed by atoms with Gasteiger partial charge >= 0.3 is 0 Å². The summed E-state index contributed by atoms with van der Waals surface area (Å²) in [7, 11) is 0. The Hall–Kier alpha value is -1.96. The molecular weight excluding hydrogens is 402 g/mol. The average Bonchev–Trinajstić information content (AvgIpc) is 3.34. The number of hydrogen-bond donors (Lipinski definition) is 0. The zero-order chi connectivity index (χ0) is 18.4. The number of fused-ring (bicyclic) bond motifs is 1. The van der Waals surface area contributed by atoms with Crippen LogP contribution in [-0.4, -0.2) is 34.7 Å². The highest BCUT2D eigenvalue weighted by Gasteiger charge is 2.43. The van der Waals surface area contributed by atoms with Crippen LogP contribution >= 0.6 is 34.3 Å². The van der Waals surface area contributed by atoms with Crippen LogP contribution in [0.5, 0.6) is 5.75 Å². The fourth-order valence-corrected chi connectivity index (χ4v) is 5.55. The van der Waals surface area contributed by atoms with Crippen LogP contribution in [0.3, 0.4) is 0 Å². The van der Waals surface area contributed by atoms with Crippen molar-refractivity contribution in [3.8, 4) is 15.6 Å². The zero-order valence-corrected chi connectivity index (χ0v) is 16.7. The lowest BCUT2D eigenvalue weighted by molar-refractivity contribution is 0.0232. The van der Waals surface area contributed by atoms with Gasteiger partial charge in [-0.1, -0.05) is 29.0 Å². The Morgan fingerprint density at radius 2 is 2.04 bits per heavy atom. The van der Waals surface area contributed by atoms with E-state index in [4.69, 9.17) is 16.3 Å². The quantitative estimate of drug-likeness (QED) is 0.592. The topological polar surface area (TPSA) is 55.3 Å². The monoisotopic (exact) mass is 417 g/mol. The minimum Gasteiger partial charge on any atom is -0.486 e. The number of ketones is 1. The van der Waals surface area contributed by atoms with Gasteiger partial charge in [-0.25, -0.2) is 0 Å². The molecule has 1 saturated heterocycles. The van der Waals surface area contributed by atoms with Gasteiger partial charge < -0.3 is 9.64 Å². The molecule has 3 aromatic rings. The lowest BCUT2D eigenvalue weighted by Gasteiger charge is -2.43. The van der Waals surface area contributed by atoms with Gasteiger partial charge in [-0.05, 0) is 29.6 Å². The van der Waals surface area contributed by atoms with Crippen molar-refractivity contribution >= 4 is 45.2 Å². The first kappa shape index (κ1) is 17.2. The van der Waals surface area contributed by atoms with Crippen LogP contribution in [-0.2, 0) is 0 Å². The second kappa shape index (κ2) is 6.58. The molecule has 2 aliphatic heterocycles. The highest BCUT2D eigenvalue weighted by atomic mass is 35.5. The number of hydrogen-bond acceptors (Lipinski definition) is 7. The molecule has 2 aromatic heterocycles. The van der Waals surface area contributed by atoms with Crippen molar-refractivity contribution in [3.63, 3.8) is 0 Å². The highest BCUT2D eigenvalue weighted by molar-refractivity contribution is 7.22. The number of Topliss-reactive ketones (excluding diaryl/α,β-unsaturated/α-hetero) is 1. The predicted octanol–water partition coefficient (Wildman–Crippen LogP) is 4.92. The highest BCUT2D eigenvalue weighted by Crippen LogP contribution is 2.41. The third-order valence-corrected chi connectivity index (χ3v) is 7.40. The molecule has 0 unspecified atom stereocenters. The van der Waals surface area contributed by atoms with Gasteiger partial charge in [0.05, 0.1) is 16.9 Å². The third-order valence-electron chi connectivity index (χ3n) is 5.14. The van der Waals surface area contributed by atoms with Gasteiger partial charge in [0.1, 0.15) is 11.4 Å². The molecule has 2 aliphatic rings. The number of ether oxygens (including phenoxy) is 1. The average molecular weight is 418 g/mol. The van der Waals surface area contributed by atoms with Gasteiger partial charge in [0.15, 0.2) is 10.8 Å². The summed E-state index contributed by atoms with van der Waals surface area (Å²) in [5.41, 5.74) is 0.177. The van der Waals surface area contributed by atoms with E-state index in [1.165, 1.54) is 0 Å². The Labute approximate surface area is 169 Å². The second-order valence-corrected chi connectivity index (χ2v) is 9.22. The van der Waals surface area contributed by atoms with E-state index in [0.29, 0.717) is 22.8 Å². The lowest BCUT2D eigenvalue weighted by atomic mass is 9.82. The molecule has 27 heavy (non-hydrogen) atoms. The number of thiophene rings is 1. The van der Waals surface area contributed by atoms with Crippen LogP contribution < -0.4 is 9.64 Å². The molecule has 0 aliphatic carbocycles. The fraction of sp³-hybridized carbons (Fsp3) is 0.316. The predicted molar refractivity (Wildman–Crippen MR) is 108 cm³/mol. The number of halogens is 1. The molecule has 8 heteroatoms. The SMILES string of the molecule is O=C1CC2(CCN(c3nnc(-c4cccs4)s3)CC2)Oc2ccc(Cl)cc21. The fourth-order valence-electron chi connectivity index (χ4n) is 3.69. The number of nitrogens with zero attached hydrogens (tertiary/aromatic N) is 3. The van der Waals surface area contributed by atoms with Gasteiger partial charge in [0.2, 0.25) is 5.13 Å². The summed E-state index contributed by atoms with van der Waals surface area (Å²) in [5.74, 6) is 0.767. The maximum absolute atomic E-state index is 12.6. The first-order valence-electron chi connectivity index (χ1n) is 8.76. The molecule has 0 bridgehead atoms. The van der Waals surface area contributed by atoms with E-state index in [1.807, 2.05) is 11.4 Å². The number of anilines is 1. The first-order valence-corrected chi connectivity index (χ1v) is 10.8. The van der Waals surface area contributed by atoms with Gasteiger partial charge in [0.25, 0.3) is 0 Å². The van der Waals surface area contributed by atoms with E-state index >= 15 is 0 Å². The second-order valence-electron chi connectivity index (χ2n) is 6.88. The molecule has 5 nitrogen and oxygen atoms in total. The Balaban J connectivity index is 1.32. The summed E-state index contributed by atoms with van der Waals surface area (Å²) in [5, 5.41) is 13.2. The summed E-state index contributed by atoms with van der Waals surface area (Å²) in [4.78, 5) is 16.0. The van der Waals surface area contributed by atoms with Gasteiger partial charge in [0, 0.05) is 31.0 Å². The standard InChI is InChI=1S/C19H16ClN3O2S2/c20-12-3-4-15-13(10-12)14(24)11-19(25-15)5-7-23(8-6-19)18-22-21-17(27-18)16-2-1-9-26-16/h1-4,9-10H,5-8,11H2. The Bertz CT molecular complexity index is 994. The minimum absolute atomic E-state index is 0.114. The molecule has 1 spiro atoms. The third kappa shape index (κ3) is 3.13. The van der Waals surface area contributed by atoms with Crippen LogP contribution in [0, 0.1) is 0 Å².